The predicted octanol–water partition coefficient (Wildman–Crippen LogP) is 4.89. The number of hydrogen-bond acceptors (Lipinski definition) is 0. The third-order valence-electron chi connectivity index (χ3n) is 4.95. The van der Waals surface area contributed by atoms with Crippen LogP contribution in [0.5, 0.6) is 0 Å². The smallest absolute Gasteiger partial charge is 0.0252 e. The van der Waals surface area contributed by atoms with E-state index in [0.717, 1.165) is 5.92 Å². The van der Waals surface area contributed by atoms with Crippen molar-refractivity contribution in [2.75, 3.05) is 0 Å². The van der Waals surface area contributed by atoms with Crippen LogP contribution in [-0.4, -0.2) is 0 Å². The molecule has 0 aliphatic heterocycles. The van der Waals surface area contributed by atoms with E-state index >= 15 is 0 Å². The van der Waals surface area contributed by atoms with Crippen LogP contribution in [0.25, 0.3) is 0 Å². The molecule has 0 bridgehead atoms. The van der Waals surface area contributed by atoms with E-state index < -0.39 is 0 Å². The van der Waals surface area contributed by atoms with Gasteiger partial charge in [-0.05, 0) is 23.2 Å². The van der Waals surface area contributed by atoms with Gasteiger partial charge in [0.05, 0.1) is 0 Å². The summed E-state index contributed by atoms with van der Waals surface area (Å²) in [5.74, 6) is 0.780. The maximum absolute atomic E-state index is 2.46. The van der Waals surface area contributed by atoms with Crippen molar-refractivity contribution in [3.05, 3.63) is 0 Å². The Morgan fingerprint density at radius 3 is 1.31 bits per heavy atom. The molecule has 0 heterocycles. The molecule has 80 valence electrons. The summed E-state index contributed by atoms with van der Waals surface area (Å²) in [4.78, 5) is 0. The van der Waals surface area contributed by atoms with Crippen molar-refractivity contribution >= 4 is 0 Å². The molecule has 1 atom stereocenters. The summed E-state index contributed by atoms with van der Waals surface area (Å²) in [5, 5.41) is 0. The summed E-state index contributed by atoms with van der Waals surface area (Å²) in [6.45, 7) is 16.7. The molecule has 0 spiro atoms. The van der Waals surface area contributed by atoms with Crippen molar-refractivity contribution < 1.29 is 0 Å². The van der Waals surface area contributed by atoms with Gasteiger partial charge in [0.1, 0.15) is 0 Å². The highest BCUT2D eigenvalue weighted by molar-refractivity contribution is 4.91. The quantitative estimate of drug-likeness (QED) is 0.571. The Labute approximate surface area is 85.1 Å². The van der Waals surface area contributed by atoms with Gasteiger partial charge in [-0.2, -0.15) is 0 Å². The molecule has 1 unspecified atom stereocenters. The third-order valence-corrected chi connectivity index (χ3v) is 4.95. The lowest BCUT2D eigenvalue weighted by atomic mass is 9.56. The van der Waals surface area contributed by atoms with Gasteiger partial charge in [0.15, 0.2) is 0 Å². The van der Waals surface area contributed by atoms with E-state index in [0.29, 0.717) is 10.8 Å². The minimum atomic E-state index is 0.497. The van der Waals surface area contributed by atoms with Crippen LogP contribution in [0.3, 0.4) is 0 Å². The average molecular weight is 184 g/mol. The maximum atomic E-state index is 2.46. The topological polar surface area (TPSA) is 0 Å². The molecule has 0 fully saturated rings. The molecule has 0 saturated heterocycles. The molecule has 0 aliphatic carbocycles. The van der Waals surface area contributed by atoms with Crippen LogP contribution < -0.4 is 0 Å². The van der Waals surface area contributed by atoms with Crippen molar-refractivity contribution in [2.24, 2.45) is 16.7 Å². The molecule has 0 amide bonds. The van der Waals surface area contributed by atoms with Crippen LogP contribution in [0.1, 0.15) is 67.7 Å². The van der Waals surface area contributed by atoms with Crippen molar-refractivity contribution in [3.8, 4) is 0 Å². The van der Waals surface area contributed by atoms with Gasteiger partial charge in [-0.1, -0.05) is 61.3 Å². The highest BCUT2D eigenvalue weighted by Gasteiger charge is 2.42. The normalized spacial score (nSPS) is 17.5. The lowest BCUT2D eigenvalue weighted by Crippen LogP contribution is -2.40. The minimum Gasteiger partial charge on any atom is -0.0648 e. The maximum Gasteiger partial charge on any atom is -0.0252 e. The second-order valence-corrected chi connectivity index (χ2v) is 5.19. The van der Waals surface area contributed by atoms with Crippen LogP contribution in [0.4, 0.5) is 0 Å². The fraction of sp³-hybridized carbons (Fsp3) is 1.00. The Morgan fingerprint density at radius 1 is 0.846 bits per heavy atom. The van der Waals surface area contributed by atoms with Gasteiger partial charge >= 0.3 is 0 Å². The van der Waals surface area contributed by atoms with Crippen LogP contribution in [0.15, 0.2) is 0 Å². The van der Waals surface area contributed by atoms with Crippen LogP contribution in [0.2, 0.25) is 0 Å². The zero-order valence-corrected chi connectivity index (χ0v) is 10.7. The Hall–Kier alpha value is 0. The number of hydrogen-bond donors (Lipinski definition) is 0. The SMILES string of the molecule is CCC(C)(CC)C(C)(CC)C(C)C. The van der Waals surface area contributed by atoms with Gasteiger partial charge in [0.25, 0.3) is 0 Å². The van der Waals surface area contributed by atoms with E-state index in [-0.39, 0.29) is 0 Å². The summed E-state index contributed by atoms with van der Waals surface area (Å²) >= 11 is 0. The Morgan fingerprint density at radius 2 is 1.23 bits per heavy atom. The molecule has 0 saturated carbocycles. The fourth-order valence-corrected chi connectivity index (χ4v) is 2.59. The molecular formula is C13H28. The van der Waals surface area contributed by atoms with Gasteiger partial charge < -0.3 is 0 Å². The van der Waals surface area contributed by atoms with Crippen molar-refractivity contribution in [1.29, 1.82) is 0 Å². The summed E-state index contributed by atoms with van der Waals surface area (Å²) in [6, 6.07) is 0. The third kappa shape index (κ3) is 2.08. The average Bonchev–Trinajstić information content (AvgIpc) is 2.14. The summed E-state index contributed by atoms with van der Waals surface area (Å²) in [7, 11) is 0. The molecule has 0 aromatic carbocycles. The van der Waals surface area contributed by atoms with Crippen molar-refractivity contribution in [3.63, 3.8) is 0 Å². The zero-order valence-electron chi connectivity index (χ0n) is 10.7. The zero-order chi connectivity index (χ0) is 10.7. The monoisotopic (exact) mass is 184 g/mol. The number of rotatable bonds is 5. The van der Waals surface area contributed by atoms with Crippen molar-refractivity contribution in [2.45, 2.75) is 67.7 Å². The molecular weight excluding hydrogens is 156 g/mol. The summed E-state index contributed by atoms with van der Waals surface area (Å²) in [5.41, 5.74) is 1.01. The Kier molecular flexibility index (Phi) is 4.48. The molecule has 0 aliphatic rings. The predicted molar refractivity (Wildman–Crippen MR) is 61.9 cm³/mol. The summed E-state index contributed by atoms with van der Waals surface area (Å²) in [6.07, 6.45) is 3.89. The molecule has 0 rings (SSSR count). The fourth-order valence-electron chi connectivity index (χ4n) is 2.59. The second-order valence-electron chi connectivity index (χ2n) is 5.19. The summed E-state index contributed by atoms with van der Waals surface area (Å²) < 4.78 is 0. The lowest BCUT2D eigenvalue weighted by Gasteiger charge is -2.49. The van der Waals surface area contributed by atoms with Crippen LogP contribution in [0, 0.1) is 16.7 Å². The van der Waals surface area contributed by atoms with Gasteiger partial charge in [-0.25, -0.2) is 0 Å². The second kappa shape index (κ2) is 4.48. The highest BCUT2D eigenvalue weighted by atomic mass is 14.5. The van der Waals surface area contributed by atoms with E-state index in [1.807, 2.05) is 0 Å². The molecule has 0 aromatic rings. The van der Waals surface area contributed by atoms with Gasteiger partial charge in [-0.3, -0.25) is 0 Å². The van der Waals surface area contributed by atoms with E-state index in [1.54, 1.807) is 0 Å². The van der Waals surface area contributed by atoms with Crippen LogP contribution >= 0.6 is 0 Å². The van der Waals surface area contributed by atoms with Gasteiger partial charge in [-0.15, -0.1) is 0 Å². The van der Waals surface area contributed by atoms with E-state index in [1.165, 1.54) is 19.3 Å². The molecule has 0 N–H and O–H groups in total. The molecule has 0 aromatic heterocycles. The largest absolute Gasteiger partial charge is 0.0648 e. The molecule has 0 radical (unpaired) electrons. The Balaban J connectivity index is 4.91. The first-order valence-electron chi connectivity index (χ1n) is 5.88. The first-order chi connectivity index (χ1) is 5.88. The van der Waals surface area contributed by atoms with Crippen molar-refractivity contribution in [1.82, 2.24) is 0 Å². The lowest BCUT2D eigenvalue weighted by molar-refractivity contribution is 0.00811. The van der Waals surface area contributed by atoms with E-state index in [9.17, 15) is 0 Å². The van der Waals surface area contributed by atoms with E-state index in [2.05, 4.69) is 48.5 Å². The van der Waals surface area contributed by atoms with Gasteiger partial charge in [0.2, 0.25) is 0 Å². The van der Waals surface area contributed by atoms with Gasteiger partial charge in [0, 0.05) is 0 Å². The molecule has 13 heavy (non-hydrogen) atoms. The van der Waals surface area contributed by atoms with E-state index in [4.69, 9.17) is 0 Å². The highest BCUT2D eigenvalue weighted by Crippen LogP contribution is 2.51. The first kappa shape index (κ1) is 13.0. The minimum absolute atomic E-state index is 0.497. The molecule has 0 nitrogen and oxygen atoms in total. The standard InChI is InChI=1S/C13H28/c1-8-12(6,9-2)13(7,10-3)11(4)5/h11H,8-10H2,1-7H3. The van der Waals surface area contributed by atoms with Crippen LogP contribution in [-0.2, 0) is 0 Å². The first-order valence-corrected chi connectivity index (χ1v) is 5.88. The Bertz CT molecular complexity index is 142. The molecule has 0 heteroatoms.